The molecule has 2 unspecified atom stereocenters. The zero-order valence-corrected chi connectivity index (χ0v) is 4.29. The van der Waals surface area contributed by atoms with Crippen LogP contribution in [0.15, 0.2) is 10.8 Å². The second kappa shape index (κ2) is 0.729. The van der Waals surface area contributed by atoms with Gasteiger partial charge in [-0.15, -0.1) is 0 Å². The lowest BCUT2D eigenvalue weighted by Gasteiger charge is -2.04. The summed E-state index contributed by atoms with van der Waals surface area (Å²) in [5, 5.41) is 3.85. The fourth-order valence-corrected chi connectivity index (χ4v) is 1.56. The van der Waals surface area contributed by atoms with Crippen molar-refractivity contribution in [3.63, 3.8) is 0 Å². The van der Waals surface area contributed by atoms with Gasteiger partial charge in [-0.3, -0.25) is 0 Å². The summed E-state index contributed by atoms with van der Waals surface area (Å²) in [6.07, 6.45) is 3.12. The molecule has 8 heavy (non-hydrogen) atoms. The van der Waals surface area contributed by atoms with E-state index in [1.54, 1.807) is 6.26 Å². The molecule has 0 radical (unpaired) electrons. The highest BCUT2D eigenvalue weighted by atomic mass is 16.5. The fourth-order valence-electron chi connectivity index (χ4n) is 1.56. The molecular weight excluding hydrogens is 102 g/mol. The van der Waals surface area contributed by atoms with Crippen LogP contribution in [0.4, 0.5) is 0 Å². The molecule has 1 aromatic rings. The van der Waals surface area contributed by atoms with E-state index >= 15 is 0 Å². The molecule has 1 heterocycles. The lowest BCUT2D eigenvalue weighted by Crippen LogP contribution is -1.97. The average molecular weight is 107 g/mol. The van der Waals surface area contributed by atoms with E-state index in [4.69, 9.17) is 4.52 Å². The van der Waals surface area contributed by atoms with E-state index < -0.39 is 0 Å². The van der Waals surface area contributed by atoms with Gasteiger partial charge >= 0.3 is 0 Å². The summed E-state index contributed by atoms with van der Waals surface area (Å²) in [6, 6.07) is 0. The minimum atomic E-state index is 0.809. The number of rotatable bonds is 0. The Kier molecular flexibility index (Phi) is 0.299. The Morgan fingerprint density at radius 1 is 1.62 bits per heavy atom. The summed E-state index contributed by atoms with van der Waals surface area (Å²) in [6.45, 7) is 0. The molecule has 0 saturated heterocycles. The number of fused-ring (bicyclic) bond motifs is 4. The van der Waals surface area contributed by atoms with Gasteiger partial charge < -0.3 is 4.52 Å². The van der Waals surface area contributed by atoms with Gasteiger partial charge in [0, 0.05) is 11.5 Å². The van der Waals surface area contributed by atoms with Crippen LogP contribution in [0.1, 0.15) is 29.5 Å². The van der Waals surface area contributed by atoms with E-state index in [-0.39, 0.29) is 0 Å². The predicted molar refractivity (Wildman–Crippen MR) is 26.6 cm³/mol. The maximum absolute atomic E-state index is 4.76. The number of nitrogens with zero attached hydrogens (tertiary/aromatic N) is 1. The van der Waals surface area contributed by atoms with Gasteiger partial charge in [0.2, 0.25) is 0 Å². The van der Waals surface area contributed by atoms with Gasteiger partial charge in [-0.1, -0.05) is 5.16 Å². The zero-order chi connectivity index (χ0) is 5.14. The standard InChI is InChI=1S/C6H5NO/c1-3-4(1)6-5(3)2-8-7-6/h2-4H,1H2. The van der Waals surface area contributed by atoms with Crippen molar-refractivity contribution in [2.24, 2.45) is 0 Å². The van der Waals surface area contributed by atoms with Crippen molar-refractivity contribution in [3.8, 4) is 0 Å². The van der Waals surface area contributed by atoms with E-state index in [2.05, 4.69) is 5.16 Å². The van der Waals surface area contributed by atoms with Crippen molar-refractivity contribution in [2.75, 3.05) is 0 Å². The molecule has 2 aliphatic rings. The SMILES string of the molecule is c1onc2c1C1CC21. The van der Waals surface area contributed by atoms with Crippen molar-refractivity contribution < 1.29 is 4.52 Å². The van der Waals surface area contributed by atoms with Crippen LogP contribution in [-0.4, -0.2) is 5.16 Å². The molecular formula is C6H5NO. The normalized spacial score (nSPS) is 37.5. The summed E-state index contributed by atoms with van der Waals surface area (Å²) in [4.78, 5) is 0. The molecule has 1 saturated carbocycles. The van der Waals surface area contributed by atoms with Crippen molar-refractivity contribution in [2.45, 2.75) is 18.3 Å². The molecule has 3 rings (SSSR count). The smallest absolute Gasteiger partial charge is 0.127 e. The van der Waals surface area contributed by atoms with Gasteiger partial charge in [0.25, 0.3) is 0 Å². The monoisotopic (exact) mass is 107 g/mol. The highest BCUT2D eigenvalue weighted by Gasteiger charge is 2.54. The maximum atomic E-state index is 4.76. The lowest BCUT2D eigenvalue weighted by molar-refractivity contribution is 0.413. The van der Waals surface area contributed by atoms with Crippen molar-refractivity contribution in [3.05, 3.63) is 17.5 Å². The van der Waals surface area contributed by atoms with E-state index in [0.717, 1.165) is 11.8 Å². The third-order valence-corrected chi connectivity index (χ3v) is 2.17. The van der Waals surface area contributed by atoms with E-state index in [0.29, 0.717) is 0 Å². The molecule has 0 N–H and O–H groups in total. The Morgan fingerprint density at radius 3 is 3.50 bits per heavy atom. The van der Waals surface area contributed by atoms with E-state index in [9.17, 15) is 0 Å². The van der Waals surface area contributed by atoms with Gasteiger partial charge in [-0.2, -0.15) is 0 Å². The molecule has 2 aliphatic carbocycles. The predicted octanol–water partition coefficient (Wildman–Crippen LogP) is 1.26. The Balaban J connectivity index is 2.38. The largest absolute Gasteiger partial charge is 0.364 e. The van der Waals surface area contributed by atoms with Crippen molar-refractivity contribution in [1.82, 2.24) is 5.16 Å². The molecule has 0 aromatic carbocycles. The summed E-state index contributed by atoms with van der Waals surface area (Å²) < 4.78 is 4.76. The highest BCUT2D eigenvalue weighted by Crippen LogP contribution is 2.65. The summed E-state index contributed by atoms with van der Waals surface area (Å²) in [5.41, 5.74) is 2.60. The van der Waals surface area contributed by atoms with E-state index in [1.165, 1.54) is 17.7 Å². The van der Waals surface area contributed by atoms with Crippen LogP contribution in [0.2, 0.25) is 0 Å². The van der Waals surface area contributed by atoms with E-state index in [1.807, 2.05) is 0 Å². The second-order valence-corrected chi connectivity index (χ2v) is 2.60. The van der Waals surface area contributed by atoms with Crippen molar-refractivity contribution >= 4 is 0 Å². The first-order valence-corrected chi connectivity index (χ1v) is 2.91. The first-order valence-electron chi connectivity index (χ1n) is 2.91. The van der Waals surface area contributed by atoms with Gasteiger partial charge in [-0.05, 0) is 12.3 Å². The third kappa shape index (κ3) is 0.171. The van der Waals surface area contributed by atoms with Crippen LogP contribution in [0.25, 0.3) is 0 Å². The minimum absolute atomic E-state index is 0.809. The van der Waals surface area contributed by atoms with Crippen LogP contribution in [0.3, 0.4) is 0 Å². The zero-order valence-electron chi connectivity index (χ0n) is 4.29. The van der Waals surface area contributed by atoms with Crippen LogP contribution < -0.4 is 0 Å². The first-order chi connectivity index (χ1) is 3.97. The Hall–Kier alpha value is -0.790. The molecule has 1 aromatic heterocycles. The molecule has 0 amide bonds. The molecule has 2 nitrogen and oxygen atoms in total. The average Bonchev–Trinajstić information content (AvgIpc) is 2.34. The van der Waals surface area contributed by atoms with Crippen LogP contribution >= 0.6 is 0 Å². The molecule has 1 fully saturated rings. The molecule has 40 valence electrons. The summed E-state index contributed by atoms with van der Waals surface area (Å²) >= 11 is 0. The summed E-state index contributed by atoms with van der Waals surface area (Å²) in [5.74, 6) is 1.67. The Bertz CT molecular complexity index is 218. The second-order valence-electron chi connectivity index (χ2n) is 2.60. The first kappa shape index (κ1) is 3.28. The quantitative estimate of drug-likeness (QED) is 0.498. The molecule has 2 atom stereocenters. The topological polar surface area (TPSA) is 26.0 Å². The van der Waals surface area contributed by atoms with Crippen LogP contribution in [0.5, 0.6) is 0 Å². The van der Waals surface area contributed by atoms with Gasteiger partial charge in [0.1, 0.15) is 6.26 Å². The summed E-state index contributed by atoms with van der Waals surface area (Å²) in [7, 11) is 0. The molecule has 0 spiro atoms. The van der Waals surface area contributed by atoms with Gasteiger partial charge in [0.05, 0.1) is 5.69 Å². The van der Waals surface area contributed by atoms with Crippen molar-refractivity contribution in [1.29, 1.82) is 0 Å². The molecule has 0 bridgehead atoms. The van der Waals surface area contributed by atoms with Gasteiger partial charge in [-0.25, -0.2) is 0 Å². The van der Waals surface area contributed by atoms with Crippen LogP contribution in [0, 0.1) is 0 Å². The van der Waals surface area contributed by atoms with Crippen LogP contribution in [-0.2, 0) is 0 Å². The molecule has 2 heteroatoms. The number of aromatic nitrogens is 1. The molecule has 0 aliphatic heterocycles. The maximum Gasteiger partial charge on any atom is 0.127 e. The number of hydrogen-bond acceptors (Lipinski definition) is 2. The highest BCUT2D eigenvalue weighted by molar-refractivity contribution is 5.46. The number of hydrogen-bond donors (Lipinski definition) is 0. The Labute approximate surface area is 46.5 Å². The third-order valence-electron chi connectivity index (χ3n) is 2.17. The van der Waals surface area contributed by atoms with Gasteiger partial charge in [0.15, 0.2) is 0 Å². The fraction of sp³-hybridized carbons (Fsp3) is 0.500. The lowest BCUT2D eigenvalue weighted by atomic mass is 9.98. The Morgan fingerprint density at radius 2 is 2.62 bits per heavy atom. The minimum Gasteiger partial charge on any atom is -0.364 e.